The van der Waals surface area contributed by atoms with Gasteiger partial charge in [0, 0.05) is 32.1 Å². The molecule has 0 bridgehead atoms. The maximum absolute atomic E-state index is 13.9. The number of nitrogens with one attached hydrogen (secondary N) is 1. The lowest BCUT2D eigenvalue weighted by atomic mass is 9.96. The van der Waals surface area contributed by atoms with Crippen LogP contribution in [0, 0.1) is 6.92 Å². The van der Waals surface area contributed by atoms with Crippen LogP contribution in [0.25, 0.3) is 0 Å². The van der Waals surface area contributed by atoms with Crippen LogP contribution in [0.1, 0.15) is 52.8 Å². The number of aromatic nitrogens is 2. The minimum Gasteiger partial charge on any atom is -0.363 e. The summed E-state index contributed by atoms with van der Waals surface area (Å²) in [4.78, 5) is 17.5. The highest BCUT2D eigenvalue weighted by molar-refractivity contribution is 5.99. The Morgan fingerprint density at radius 3 is 2.68 bits per heavy atom. The second-order valence-electron chi connectivity index (χ2n) is 8.84. The highest BCUT2D eigenvalue weighted by Gasteiger charge is 2.47. The smallest absolute Gasteiger partial charge is 0.363 e. The fraction of sp³-hybridized carbons (Fsp3) is 0.545. The molecule has 4 heterocycles. The van der Waals surface area contributed by atoms with E-state index in [4.69, 9.17) is 0 Å². The monoisotopic (exact) mass is 433 g/mol. The normalized spacial score (nSPS) is 26.3. The molecule has 3 aliphatic heterocycles. The van der Waals surface area contributed by atoms with Crippen molar-refractivity contribution in [3.63, 3.8) is 0 Å². The van der Waals surface area contributed by atoms with Crippen molar-refractivity contribution in [1.29, 1.82) is 0 Å². The van der Waals surface area contributed by atoms with Crippen molar-refractivity contribution in [3.05, 3.63) is 47.2 Å². The Hall–Kier alpha value is -2.55. The van der Waals surface area contributed by atoms with Crippen LogP contribution >= 0.6 is 0 Å². The number of aryl methyl sites for hydroxylation is 1. The molecule has 2 fully saturated rings. The van der Waals surface area contributed by atoms with Gasteiger partial charge in [-0.1, -0.05) is 29.8 Å². The second-order valence-corrected chi connectivity index (χ2v) is 8.84. The number of carbonyl (C=O) groups is 1. The zero-order valence-corrected chi connectivity index (χ0v) is 17.4. The van der Waals surface area contributed by atoms with E-state index in [9.17, 15) is 18.0 Å². The molecule has 0 unspecified atom stereocenters. The van der Waals surface area contributed by atoms with Crippen LogP contribution in [0.2, 0.25) is 0 Å². The number of amides is 1. The molecule has 3 aliphatic rings. The number of carbonyl (C=O) groups excluding carboxylic acids is 1. The average molecular weight is 433 g/mol. The van der Waals surface area contributed by atoms with Gasteiger partial charge in [0.25, 0.3) is 5.91 Å². The predicted molar refractivity (Wildman–Crippen MR) is 110 cm³/mol. The number of nitrogens with zero attached hydrogens (tertiary/aromatic N) is 4. The molecule has 1 aromatic heterocycles. The number of halogens is 3. The summed E-state index contributed by atoms with van der Waals surface area (Å²) in [5.41, 5.74) is 2.03. The largest absolute Gasteiger partial charge is 0.410 e. The van der Waals surface area contributed by atoms with Crippen LogP contribution in [-0.4, -0.2) is 63.9 Å². The Balaban J connectivity index is 1.46. The summed E-state index contributed by atoms with van der Waals surface area (Å²) in [6, 6.07) is 5.48. The summed E-state index contributed by atoms with van der Waals surface area (Å²) < 4.78 is 42.6. The van der Waals surface area contributed by atoms with Crippen LogP contribution < -0.4 is 5.32 Å². The minimum atomic E-state index is -4.46. The molecule has 2 aromatic rings. The van der Waals surface area contributed by atoms with Gasteiger partial charge in [-0.05, 0) is 31.9 Å². The van der Waals surface area contributed by atoms with E-state index in [0.717, 1.165) is 41.7 Å². The molecular formula is C22H26F3N5O. The van der Waals surface area contributed by atoms with Gasteiger partial charge in [0.1, 0.15) is 11.4 Å². The average Bonchev–Trinajstić information content (AvgIpc) is 3.38. The molecular weight excluding hydrogens is 407 g/mol. The van der Waals surface area contributed by atoms with Crippen molar-refractivity contribution in [3.8, 4) is 0 Å². The van der Waals surface area contributed by atoms with Crippen molar-refractivity contribution in [1.82, 2.24) is 19.6 Å². The Labute approximate surface area is 179 Å². The van der Waals surface area contributed by atoms with E-state index in [2.05, 4.69) is 15.3 Å². The first kappa shape index (κ1) is 20.4. The standard InChI is InChI=1S/C22H26F3N5O/c1-14-4-6-15(7-5-14)18-11-19(22(23,24)25)30-20(27-18)17(12-26-30)21(31)29-10-9-28-8-2-3-16(28)13-29/h4-7,12,16,18-19,27H,2-3,8-11,13H2,1H3/t16-,18-,19-/m0/s1. The molecule has 0 saturated carbocycles. The van der Waals surface area contributed by atoms with E-state index >= 15 is 0 Å². The lowest BCUT2D eigenvalue weighted by molar-refractivity contribution is -0.173. The van der Waals surface area contributed by atoms with E-state index in [1.807, 2.05) is 31.2 Å². The third-order valence-corrected chi connectivity index (χ3v) is 6.82. The predicted octanol–water partition coefficient (Wildman–Crippen LogP) is 3.77. The van der Waals surface area contributed by atoms with Gasteiger partial charge in [-0.2, -0.15) is 18.3 Å². The van der Waals surface area contributed by atoms with Crippen LogP contribution in [-0.2, 0) is 0 Å². The number of fused-ring (bicyclic) bond motifs is 2. The lowest BCUT2D eigenvalue weighted by Gasteiger charge is -2.38. The zero-order valence-electron chi connectivity index (χ0n) is 17.4. The van der Waals surface area contributed by atoms with Crippen LogP contribution in [0.3, 0.4) is 0 Å². The van der Waals surface area contributed by atoms with Gasteiger partial charge in [-0.3, -0.25) is 9.69 Å². The molecule has 1 amide bonds. The number of piperazine rings is 1. The fourth-order valence-corrected chi connectivity index (χ4v) is 5.08. The van der Waals surface area contributed by atoms with Crippen molar-refractivity contribution in [2.45, 2.75) is 50.5 Å². The summed E-state index contributed by atoms with van der Waals surface area (Å²) in [6.45, 7) is 5.01. The molecule has 3 atom stereocenters. The first-order valence-electron chi connectivity index (χ1n) is 10.8. The molecule has 2 saturated heterocycles. The Morgan fingerprint density at radius 2 is 1.94 bits per heavy atom. The van der Waals surface area contributed by atoms with E-state index in [1.54, 1.807) is 4.90 Å². The Morgan fingerprint density at radius 1 is 1.16 bits per heavy atom. The molecule has 1 aromatic carbocycles. The molecule has 1 N–H and O–H groups in total. The zero-order chi connectivity index (χ0) is 21.8. The highest BCUT2D eigenvalue weighted by atomic mass is 19.4. The number of benzene rings is 1. The van der Waals surface area contributed by atoms with Crippen molar-refractivity contribution in [2.75, 3.05) is 31.5 Å². The summed E-state index contributed by atoms with van der Waals surface area (Å²) in [7, 11) is 0. The van der Waals surface area contributed by atoms with E-state index in [1.165, 1.54) is 6.20 Å². The maximum Gasteiger partial charge on any atom is 0.410 e. The molecule has 166 valence electrons. The molecule has 0 aliphatic carbocycles. The molecule has 31 heavy (non-hydrogen) atoms. The lowest BCUT2D eigenvalue weighted by Crippen LogP contribution is -2.52. The van der Waals surface area contributed by atoms with Crippen LogP contribution in [0.15, 0.2) is 30.5 Å². The first-order chi connectivity index (χ1) is 14.8. The van der Waals surface area contributed by atoms with Gasteiger partial charge in [-0.25, -0.2) is 4.68 Å². The summed E-state index contributed by atoms with van der Waals surface area (Å²) in [5, 5.41) is 7.20. The van der Waals surface area contributed by atoms with E-state index < -0.39 is 18.3 Å². The number of hydrogen-bond donors (Lipinski definition) is 1. The number of anilines is 1. The number of rotatable bonds is 2. The van der Waals surface area contributed by atoms with Gasteiger partial charge in [0.2, 0.25) is 0 Å². The quantitative estimate of drug-likeness (QED) is 0.784. The second kappa shape index (κ2) is 7.55. The SMILES string of the molecule is Cc1ccc([C@@H]2C[C@@H](C(F)(F)F)n3ncc(C(=O)N4CCN5CCC[C@H]5C4)c3N2)cc1. The van der Waals surface area contributed by atoms with E-state index in [0.29, 0.717) is 19.1 Å². The fourth-order valence-electron chi connectivity index (χ4n) is 5.08. The van der Waals surface area contributed by atoms with Gasteiger partial charge in [0.05, 0.1) is 12.2 Å². The molecule has 9 heteroatoms. The third-order valence-electron chi connectivity index (χ3n) is 6.82. The Kier molecular flexibility index (Phi) is 4.96. The van der Waals surface area contributed by atoms with Crippen LogP contribution in [0.4, 0.5) is 19.0 Å². The summed E-state index contributed by atoms with van der Waals surface area (Å²) >= 11 is 0. The molecule has 0 spiro atoms. The minimum absolute atomic E-state index is 0.165. The topological polar surface area (TPSA) is 53.4 Å². The summed E-state index contributed by atoms with van der Waals surface area (Å²) in [6.07, 6.45) is -1.15. The van der Waals surface area contributed by atoms with Gasteiger partial charge in [0.15, 0.2) is 6.04 Å². The van der Waals surface area contributed by atoms with Crippen molar-refractivity contribution in [2.24, 2.45) is 0 Å². The highest BCUT2D eigenvalue weighted by Crippen LogP contribution is 2.44. The maximum atomic E-state index is 13.9. The Bertz CT molecular complexity index is 971. The molecule has 0 radical (unpaired) electrons. The van der Waals surface area contributed by atoms with Crippen molar-refractivity contribution < 1.29 is 18.0 Å². The van der Waals surface area contributed by atoms with Gasteiger partial charge < -0.3 is 10.2 Å². The summed E-state index contributed by atoms with van der Waals surface area (Å²) in [5.74, 6) is -0.0798. The van der Waals surface area contributed by atoms with Gasteiger partial charge in [-0.15, -0.1) is 0 Å². The first-order valence-corrected chi connectivity index (χ1v) is 10.8. The molecule has 5 rings (SSSR count). The molecule has 6 nitrogen and oxygen atoms in total. The van der Waals surface area contributed by atoms with Crippen molar-refractivity contribution >= 4 is 11.7 Å². The van der Waals surface area contributed by atoms with Gasteiger partial charge >= 0.3 is 6.18 Å². The van der Waals surface area contributed by atoms with E-state index in [-0.39, 0.29) is 23.7 Å². The number of alkyl halides is 3. The third kappa shape index (κ3) is 3.69. The van der Waals surface area contributed by atoms with Crippen LogP contribution in [0.5, 0.6) is 0 Å². The number of hydrogen-bond acceptors (Lipinski definition) is 4.